The number of hydrogen-bond donors (Lipinski definition) is 3. The van der Waals surface area contributed by atoms with Crippen molar-refractivity contribution < 1.29 is 43.7 Å². The van der Waals surface area contributed by atoms with Crippen molar-refractivity contribution in [2.24, 2.45) is 17.8 Å². The van der Waals surface area contributed by atoms with Gasteiger partial charge in [0, 0.05) is 34.9 Å². The quantitative estimate of drug-likeness (QED) is 0.0183. The Hall–Kier alpha value is -12.8. The second kappa shape index (κ2) is 47.6. The third-order valence-electron chi connectivity index (χ3n) is 25.0. The Kier molecular flexibility index (Phi) is 34.3. The molecule has 18 heteroatoms. The van der Waals surface area contributed by atoms with Gasteiger partial charge >= 0.3 is 18.0 Å². The van der Waals surface area contributed by atoms with Crippen LogP contribution in [-0.2, 0) is 0 Å². The van der Waals surface area contributed by atoms with Gasteiger partial charge in [0.25, 0.3) is 0 Å². The van der Waals surface area contributed by atoms with Crippen molar-refractivity contribution in [3.8, 4) is 121 Å². The average molecular weight is 1760 g/mol. The molecule has 0 aliphatic heterocycles. The fourth-order valence-corrected chi connectivity index (χ4v) is 17.2. The van der Waals surface area contributed by atoms with Gasteiger partial charge in [-0.3, -0.25) is 0 Å². The van der Waals surface area contributed by atoms with Gasteiger partial charge in [0.2, 0.25) is 0 Å². The fourth-order valence-electron chi connectivity index (χ4n) is 17.2. The Morgan fingerprint density at radius 3 is 0.977 bits per heavy atom. The first-order chi connectivity index (χ1) is 64.3. The summed E-state index contributed by atoms with van der Waals surface area (Å²) in [5.41, 5.74) is 4.25. The topological polar surface area (TPSA) is 232 Å². The molecule has 0 radical (unpaired) electrons. The largest absolute Gasteiger partial charge is 0.507 e. The van der Waals surface area contributed by atoms with Gasteiger partial charge in [-0.15, -0.1) is 0 Å². The van der Waals surface area contributed by atoms with Crippen molar-refractivity contribution in [1.82, 2.24) is 44.9 Å². The van der Waals surface area contributed by atoms with Gasteiger partial charge in [-0.25, -0.2) is 15.0 Å². The molecule has 18 nitrogen and oxygen atoms in total. The Balaban J connectivity index is 0.000000158. The molecule has 131 heavy (non-hydrogen) atoms. The Morgan fingerprint density at radius 1 is 0.237 bits per heavy atom. The van der Waals surface area contributed by atoms with Gasteiger partial charge < -0.3 is 43.7 Å². The molecule has 0 bridgehead atoms. The number of phenols is 3. The standard InChI is InChI=1S/C39H43N3O3.2C37H43N3O3/c1-4-7-9-10-23-44-39-41-37(32-21-18-29-16-15-27-13-11-14-28-17-20-31(32)36(29)35(27)28)40-38(42-39)33-22-19-30(24-34(33)43)45-25-26(6-3)12-8-5-2;1-4-7-9-14-22-42-37-39-35(32-21-20-29(24-33(32)41)43-25-26(6-3)15-8-5-2)38-36(40-37)34-30-18-12-10-16-27(30)23-28-17-11-13-19-31(28)34;1-4-7-9-14-22-42-37-39-35(32-21-20-28(24-34(32)41)43-25-26(6-3)15-8-5-2)38-36(40-37)33-23-27-16-10-11-17-29(27)30-18-12-13-19-31(30)33/h11,13-22,24,26,43H,4-10,12,23,25H2,1-3H3;2*10-13,16-21,23-24,26,41H,4-9,14-15,22,25H2,1-3H3. The van der Waals surface area contributed by atoms with Crippen LogP contribution in [0.1, 0.15) is 216 Å². The predicted octanol–water partition coefficient (Wildman–Crippen LogP) is 29.9. The van der Waals surface area contributed by atoms with Crippen molar-refractivity contribution in [3.05, 3.63) is 218 Å². The summed E-state index contributed by atoms with van der Waals surface area (Å²) in [5, 5.41) is 49.3. The van der Waals surface area contributed by atoms with Gasteiger partial charge in [-0.2, -0.15) is 29.9 Å². The average Bonchev–Trinajstić information content (AvgIpc) is 0.735. The normalized spacial score (nSPS) is 12.2. The molecule has 3 aromatic heterocycles. The van der Waals surface area contributed by atoms with Crippen LogP contribution in [0.5, 0.6) is 52.5 Å². The lowest BCUT2D eigenvalue weighted by Crippen LogP contribution is -2.11. The Bertz CT molecular complexity index is 6320. The van der Waals surface area contributed by atoms with E-state index >= 15 is 0 Å². The Morgan fingerprint density at radius 2 is 0.565 bits per heavy atom. The number of benzene rings is 13. The van der Waals surface area contributed by atoms with E-state index in [1.807, 2.05) is 72.8 Å². The molecule has 3 heterocycles. The third-order valence-corrected chi connectivity index (χ3v) is 25.0. The van der Waals surface area contributed by atoms with Crippen molar-refractivity contribution in [1.29, 1.82) is 0 Å². The lowest BCUT2D eigenvalue weighted by molar-refractivity contribution is 0.232. The molecule has 3 N–H and O–H groups in total. The molecule has 0 aliphatic rings. The number of ether oxygens (including phenoxy) is 6. The molecule has 0 saturated carbocycles. The van der Waals surface area contributed by atoms with Crippen LogP contribution in [0.3, 0.4) is 0 Å². The predicted molar refractivity (Wildman–Crippen MR) is 536 cm³/mol. The molecule has 0 fully saturated rings. The highest BCUT2D eigenvalue weighted by molar-refractivity contribution is 6.25. The first-order valence-corrected chi connectivity index (χ1v) is 48.3. The molecular weight excluding hydrogens is 1630 g/mol. The maximum atomic E-state index is 11.2. The second-order valence-corrected chi connectivity index (χ2v) is 34.6. The number of phenolic OH excluding ortho intramolecular Hbond substituents is 3. The molecular formula is C113H129N9O9. The van der Waals surface area contributed by atoms with Crippen LogP contribution in [-0.4, -0.2) is 99.8 Å². The van der Waals surface area contributed by atoms with Gasteiger partial charge in [0.1, 0.15) is 34.5 Å². The smallest absolute Gasteiger partial charge is 0.320 e. The molecule has 16 aromatic rings. The molecule has 3 unspecified atom stereocenters. The zero-order chi connectivity index (χ0) is 91.2. The van der Waals surface area contributed by atoms with E-state index in [2.05, 4.69) is 205 Å². The van der Waals surface area contributed by atoms with E-state index in [-0.39, 0.29) is 35.3 Å². The number of aromatic hydroxyl groups is 3. The maximum Gasteiger partial charge on any atom is 0.320 e. The molecule has 0 amide bonds. The van der Waals surface area contributed by atoms with Gasteiger partial charge in [-0.1, -0.05) is 323 Å². The number of hydrogen-bond acceptors (Lipinski definition) is 18. The molecule has 3 atom stereocenters. The van der Waals surface area contributed by atoms with Gasteiger partial charge in [0.05, 0.1) is 56.3 Å². The molecule has 16 rings (SSSR count). The van der Waals surface area contributed by atoms with Crippen LogP contribution < -0.4 is 28.4 Å². The van der Waals surface area contributed by atoms with E-state index in [1.54, 1.807) is 18.2 Å². The maximum absolute atomic E-state index is 11.2. The SMILES string of the molecule is CCCCCCOc1nc(-c2ccc(OCC(CC)CCCC)cc2O)nc(-c2c3ccccc3cc3ccccc23)n1.CCCCCCOc1nc(-c2ccc(OCC(CC)CCCC)cc2O)nc(-c2cc3ccccc3c3ccccc23)n1.CCCCCCOc1nc(-c2ccc(OCC(CC)CCCC)cc2O)nc(-c2ccc3ccc4cccc5ccc2c3c45)n1. The van der Waals surface area contributed by atoms with Crippen LogP contribution in [0, 0.1) is 17.8 Å². The molecule has 13 aromatic carbocycles. The minimum absolute atomic E-state index is 0.0629. The van der Waals surface area contributed by atoms with Crippen LogP contribution in [0.4, 0.5) is 0 Å². The zero-order valence-corrected chi connectivity index (χ0v) is 78.0. The monoisotopic (exact) mass is 1760 g/mol. The van der Waals surface area contributed by atoms with Crippen LogP contribution in [0.2, 0.25) is 0 Å². The highest BCUT2D eigenvalue weighted by Gasteiger charge is 2.25. The van der Waals surface area contributed by atoms with Crippen LogP contribution >= 0.6 is 0 Å². The first-order valence-electron chi connectivity index (χ1n) is 48.3. The van der Waals surface area contributed by atoms with Gasteiger partial charge in [-0.05, 0) is 186 Å². The zero-order valence-electron chi connectivity index (χ0n) is 78.0. The van der Waals surface area contributed by atoms with E-state index < -0.39 is 0 Å². The summed E-state index contributed by atoms with van der Waals surface area (Å²) in [4.78, 5) is 43.2. The summed E-state index contributed by atoms with van der Waals surface area (Å²) in [5.74, 6) is 6.25. The minimum atomic E-state index is 0.0629. The summed E-state index contributed by atoms with van der Waals surface area (Å²) in [6.45, 7) is 23.3. The number of unbranched alkanes of at least 4 members (excludes halogenated alkanes) is 12. The van der Waals surface area contributed by atoms with Crippen molar-refractivity contribution in [2.75, 3.05) is 39.6 Å². The number of rotatable bonds is 45. The number of aromatic nitrogens is 9. The molecule has 0 spiro atoms. The highest BCUT2D eigenvalue weighted by Crippen LogP contribution is 2.44. The minimum Gasteiger partial charge on any atom is -0.507 e. The van der Waals surface area contributed by atoms with E-state index in [0.29, 0.717) is 126 Å². The van der Waals surface area contributed by atoms with E-state index in [1.165, 1.54) is 90.1 Å². The van der Waals surface area contributed by atoms with Crippen molar-refractivity contribution >= 4 is 75.4 Å². The Labute approximate surface area is 772 Å². The highest BCUT2D eigenvalue weighted by atomic mass is 16.5. The molecule has 680 valence electrons. The first kappa shape index (κ1) is 94.3. The summed E-state index contributed by atoms with van der Waals surface area (Å²) in [7, 11) is 0. The fraction of sp³-hybridized carbons (Fsp3) is 0.372. The van der Waals surface area contributed by atoms with Crippen LogP contribution in [0.15, 0.2) is 218 Å². The van der Waals surface area contributed by atoms with E-state index in [9.17, 15) is 15.3 Å². The number of nitrogens with zero attached hydrogens (tertiary/aromatic N) is 9. The number of fused-ring (bicyclic) bond motifs is 5. The third kappa shape index (κ3) is 24.2. The molecule has 0 aliphatic carbocycles. The van der Waals surface area contributed by atoms with E-state index in [0.717, 1.165) is 156 Å². The summed E-state index contributed by atoms with van der Waals surface area (Å²) >= 11 is 0. The second-order valence-electron chi connectivity index (χ2n) is 34.6. The lowest BCUT2D eigenvalue weighted by atomic mass is 9.92. The summed E-state index contributed by atoms with van der Waals surface area (Å²) in [6.07, 6.45) is 26.8. The van der Waals surface area contributed by atoms with Gasteiger partial charge in [0.15, 0.2) is 34.9 Å². The van der Waals surface area contributed by atoms with E-state index in [4.69, 9.17) is 58.3 Å². The summed E-state index contributed by atoms with van der Waals surface area (Å²) in [6, 6.07) is 73.7. The molecule has 0 saturated heterocycles. The summed E-state index contributed by atoms with van der Waals surface area (Å²) < 4.78 is 36.6. The van der Waals surface area contributed by atoms with Crippen LogP contribution in [0.25, 0.3) is 144 Å². The van der Waals surface area contributed by atoms with Crippen molar-refractivity contribution in [2.45, 2.75) is 216 Å². The van der Waals surface area contributed by atoms with Crippen molar-refractivity contribution in [3.63, 3.8) is 0 Å². The lowest BCUT2D eigenvalue weighted by Gasteiger charge is -2.16.